The van der Waals surface area contributed by atoms with Crippen molar-refractivity contribution >= 4 is 22.5 Å². The monoisotopic (exact) mass is 349 g/mol. The summed E-state index contributed by atoms with van der Waals surface area (Å²) in [4.78, 5) is 13.2. The van der Waals surface area contributed by atoms with Crippen LogP contribution in [0, 0.1) is 5.92 Å². The highest BCUT2D eigenvalue weighted by Gasteiger charge is 2.34. The van der Waals surface area contributed by atoms with E-state index in [9.17, 15) is 18.0 Å². The fourth-order valence-corrected chi connectivity index (χ4v) is 3.54. The van der Waals surface area contributed by atoms with Gasteiger partial charge in [-0.1, -0.05) is 11.3 Å². The number of aromatic nitrogens is 2. The molecule has 0 radical (unpaired) electrons. The Bertz CT molecular complexity index is 560. The van der Waals surface area contributed by atoms with Gasteiger partial charge in [-0.15, -0.1) is 10.2 Å². The van der Waals surface area contributed by atoms with E-state index in [1.165, 1.54) is 16.2 Å². The molecule has 1 saturated heterocycles. The number of nitrogens with one attached hydrogen (secondary N) is 2. The maximum atomic E-state index is 12.3. The molecule has 0 spiro atoms. The third-order valence-corrected chi connectivity index (χ3v) is 4.91. The number of likely N-dealkylation sites (tertiary alicyclic amines) is 1. The zero-order valence-corrected chi connectivity index (χ0v) is 13.2. The lowest BCUT2D eigenvalue weighted by Gasteiger charge is -2.17. The van der Waals surface area contributed by atoms with Crippen LogP contribution in [0.3, 0.4) is 0 Å². The lowest BCUT2D eigenvalue weighted by atomic mass is 10.1. The van der Waals surface area contributed by atoms with Crippen LogP contribution in [0.2, 0.25) is 0 Å². The average molecular weight is 349 g/mol. The van der Waals surface area contributed by atoms with E-state index >= 15 is 0 Å². The van der Waals surface area contributed by atoms with Gasteiger partial charge in [0.1, 0.15) is 5.01 Å². The summed E-state index contributed by atoms with van der Waals surface area (Å²) in [6.07, 6.45) is -1.27. The predicted octanol–water partition coefficient (Wildman–Crippen LogP) is 2.42. The van der Waals surface area contributed by atoms with E-state index in [2.05, 4.69) is 20.8 Å². The SMILES string of the molecule is O=C(NC[C@H]1CCN(CC(F)(F)F)C1)Nc1nnc(C2CC2)s1. The number of rotatable bonds is 5. The number of amides is 2. The van der Waals surface area contributed by atoms with E-state index in [0.717, 1.165) is 17.8 Å². The topological polar surface area (TPSA) is 70.2 Å². The van der Waals surface area contributed by atoms with Gasteiger partial charge in [-0.2, -0.15) is 13.2 Å². The minimum Gasteiger partial charge on any atom is -0.337 e. The van der Waals surface area contributed by atoms with E-state index in [4.69, 9.17) is 0 Å². The average Bonchev–Trinajstić information content (AvgIpc) is 3.05. The van der Waals surface area contributed by atoms with Crippen molar-refractivity contribution in [3.63, 3.8) is 0 Å². The number of hydrogen-bond acceptors (Lipinski definition) is 5. The standard InChI is InChI=1S/C13H18F3N5OS/c14-13(15,16)7-21-4-3-8(6-21)5-17-11(22)18-12-20-19-10(23-12)9-1-2-9/h8-9H,1-7H2,(H2,17,18,20,22)/t8-/m1/s1. The summed E-state index contributed by atoms with van der Waals surface area (Å²) in [5, 5.41) is 14.6. The van der Waals surface area contributed by atoms with Crippen molar-refractivity contribution in [1.29, 1.82) is 0 Å². The zero-order chi connectivity index (χ0) is 16.4. The van der Waals surface area contributed by atoms with Crippen LogP contribution in [0.15, 0.2) is 0 Å². The molecule has 3 rings (SSSR count). The number of alkyl halides is 3. The summed E-state index contributed by atoms with van der Waals surface area (Å²) in [6.45, 7) is 0.234. The minimum absolute atomic E-state index is 0.0412. The number of halogens is 3. The third-order valence-electron chi connectivity index (χ3n) is 3.91. The van der Waals surface area contributed by atoms with Crippen LogP contribution in [-0.2, 0) is 0 Å². The molecule has 10 heteroatoms. The molecule has 2 N–H and O–H groups in total. The van der Waals surface area contributed by atoms with Crippen LogP contribution in [-0.4, -0.2) is 53.5 Å². The summed E-state index contributed by atoms with van der Waals surface area (Å²) in [5.74, 6) is 0.531. The molecule has 6 nitrogen and oxygen atoms in total. The van der Waals surface area contributed by atoms with Gasteiger partial charge in [0, 0.05) is 19.0 Å². The van der Waals surface area contributed by atoms with Gasteiger partial charge >= 0.3 is 12.2 Å². The molecule has 128 valence electrons. The number of carbonyl (C=O) groups excluding carboxylic acids is 1. The molecule has 1 aliphatic heterocycles. The Morgan fingerprint density at radius 3 is 2.78 bits per heavy atom. The highest BCUT2D eigenvalue weighted by atomic mass is 32.1. The Morgan fingerprint density at radius 2 is 2.09 bits per heavy atom. The van der Waals surface area contributed by atoms with Crippen molar-refractivity contribution in [2.45, 2.75) is 31.4 Å². The summed E-state index contributed by atoms with van der Waals surface area (Å²) in [6, 6.07) is -0.391. The lowest BCUT2D eigenvalue weighted by Crippen LogP contribution is -2.36. The molecular weight excluding hydrogens is 331 g/mol. The number of carbonyl (C=O) groups is 1. The Labute approximate surface area is 135 Å². The summed E-state index contributed by atoms with van der Waals surface area (Å²) < 4.78 is 37.0. The molecule has 1 aliphatic carbocycles. The van der Waals surface area contributed by atoms with E-state index in [1.807, 2.05) is 0 Å². The first-order valence-electron chi connectivity index (χ1n) is 7.56. The van der Waals surface area contributed by atoms with Gasteiger partial charge in [0.25, 0.3) is 0 Å². The van der Waals surface area contributed by atoms with Crippen LogP contribution in [0.4, 0.5) is 23.1 Å². The van der Waals surface area contributed by atoms with Crippen molar-refractivity contribution in [3.05, 3.63) is 5.01 Å². The molecular formula is C13H18F3N5OS. The molecule has 2 heterocycles. The highest BCUT2D eigenvalue weighted by Crippen LogP contribution is 2.42. The van der Waals surface area contributed by atoms with Crippen molar-refractivity contribution in [1.82, 2.24) is 20.4 Å². The molecule has 0 aromatic carbocycles. The van der Waals surface area contributed by atoms with Crippen molar-refractivity contribution in [2.24, 2.45) is 5.92 Å². The van der Waals surface area contributed by atoms with E-state index in [1.54, 1.807) is 0 Å². The Kier molecular flexibility index (Phi) is 4.72. The number of anilines is 1. The number of nitrogens with zero attached hydrogens (tertiary/aromatic N) is 3. The molecule has 0 unspecified atom stereocenters. The normalized spacial score (nSPS) is 22.3. The number of hydrogen-bond donors (Lipinski definition) is 2. The van der Waals surface area contributed by atoms with E-state index < -0.39 is 18.8 Å². The van der Waals surface area contributed by atoms with Gasteiger partial charge in [-0.3, -0.25) is 10.2 Å². The maximum Gasteiger partial charge on any atom is 0.401 e. The summed E-state index contributed by atoms with van der Waals surface area (Å²) in [5.41, 5.74) is 0. The molecule has 1 atom stereocenters. The first kappa shape index (κ1) is 16.4. The van der Waals surface area contributed by atoms with Crippen LogP contribution >= 0.6 is 11.3 Å². The van der Waals surface area contributed by atoms with Gasteiger partial charge in [0.2, 0.25) is 5.13 Å². The van der Waals surface area contributed by atoms with Crippen molar-refractivity contribution in [2.75, 3.05) is 31.5 Å². The Morgan fingerprint density at radius 1 is 1.30 bits per heavy atom. The third kappa shape index (κ3) is 5.03. The second-order valence-corrected chi connectivity index (χ2v) is 7.07. The Balaban J connectivity index is 1.37. The molecule has 2 fully saturated rings. The van der Waals surface area contributed by atoms with Gasteiger partial charge in [-0.25, -0.2) is 4.79 Å². The molecule has 1 aromatic heterocycles. The van der Waals surface area contributed by atoms with Crippen LogP contribution in [0.5, 0.6) is 0 Å². The second kappa shape index (κ2) is 6.60. The number of urea groups is 1. The van der Waals surface area contributed by atoms with E-state index in [0.29, 0.717) is 37.1 Å². The fraction of sp³-hybridized carbons (Fsp3) is 0.769. The molecule has 1 saturated carbocycles. The first-order chi connectivity index (χ1) is 10.9. The van der Waals surface area contributed by atoms with Crippen LogP contribution in [0.1, 0.15) is 30.2 Å². The lowest BCUT2D eigenvalue weighted by molar-refractivity contribution is -0.143. The van der Waals surface area contributed by atoms with E-state index in [-0.39, 0.29) is 5.92 Å². The van der Waals surface area contributed by atoms with Crippen LogP contribution < -0.4 is 10.6 Å². The second-order valence-electron chi connectivity index (χ2n) is 6.06. The molecule has 23 heavy (non-hydrogen) atoms. The molecule has 0 bridgehead atoms. The smallest absolute Gasteiger partial charge is 0.337 e. The van der Waals surface area contributed by atoms with Crippen LogP contribution in [0.25, 0.3) is 0 Å². The van der Waals surface area contributed by atoms with Gasteiger partial charge in [0.15, 0.2) is 0 Å². The quantitative estimate of drug-likeness (QED) is 0.857. The maximum absolute atomic E-state index is 12.3. The Hall–Kier alpha value is -1.42. The van der Waals surface area contributed by atoms with Gasteiger partial charge in [-0.05, 0) is 31.7 Å². The summed E-state index contributed by atoms with van der Waals surface area (Å²) >= 11 is 1.37. The van der Waals surface area contributed by atoms with Crippen molar-refractivity contribution in [3.8, 4) is 0 Å². The predicted molar refractivity (Wildman–Crippen MR) is 79.5 cm³/mol. The fourth-order valence-electron chi connectivity index (χ4n) is 2.64. The largest absolute Gasteiger partial charge is 0.401 e. The highest BCUT2D eigenvalue weighted by molar-refractivity contribution is 7.15. The molecule has 2 aliphatic rings. The molecule has 1 aromatic rings. The van der Waals surface area contributed by atoms with Crippen molar-refractivity contribution < 1.29 is 18.0 Å². The minimum atomic E-state index is -4.17. The zero-order valence-electron chi connectivity index (χ0n) is 12.4. The van der Waals surface area contributed by atoms with Gasteiger partial charge < -0.3 is 5.32 Å². The first-order valence-corrected chi connectivity index (χ1v) is 8.38. The van der Waals surface area contributed by atoms with Gasteiger partial charge in [0.05, 0.1) is 6.54 Å². The summed E-state index contributed by atoms with van der Waals surface area (Å²) in [7, 11) is 0. The molecule has 2 amide bonds.